The minimum absolute atomic E-state index is 0.237. The highest BCUT2D eigenvalue weighted by atomic mass is 35.5. The van der Waals surface area contributed by atoms with Crippen LogP contribution in [0.2, 0.25) is 5.02 Å². The highest BCUT2D eigenvalue weighted by Gasteiger charge is 2.49. The van der Waals surface area contributed by atoms with E-state index in [9.17, 15) is 4.57 Å². The number of hydroxylamine groups is 1. The standard InChI is InChI=1S/C17H19ClNO4P/c1-21-24(20,22-2)16-12-23-19(15-6-4-3-5-7-15)17(16)13-8-10-14(18)11-9-13/h3-11,16-17H,12H2,1-2H3/t16-,17+/m1/s1. The average Bonchev–Trinajstić information content (AvgIpc) is 3.08. The fourth-order valence-corrected chi connectivity index (χ4v) is 4.63. The van der Waals surface area contributed by atoms with Crippen LogP contribution in [0.25, 0.3) is 0 Å². The average molecular weight is 368 g/mol. The van der Waals surface area contributed by atoms with Crippen molar-refractivity contribution in [3.05, 3.63) is 65.2 Å². The minimum atomic E-state index is -3.32. The number of halogens is 1. The van der Waals surface area contributed by atoms with Gasteiger partial charge < -0.3 is 9.05 Å². The number of rotatable bonds is 5. The smallest absolute Gasteiger partial charge is 0.312 e. The molecule has 0 unspecified atom stereocenters. The van der Waals surface area contributed by atoms with Crippen LogP contribution in [0.5, 0.6) is 0 Å². The Balaban J connectivity index is 2.05. The third-order valence-corrected chi connectivity index (χ3v) is 6.65. The van der Waals surface area contributed by atoms with Crippen molar-refractivity contribution in [1.29, 1.82) is 0 Å². The summed E-state index contributed by atoms with van der Waals surface area (Å²) in [5, 5.41) is 2.40. The fraction of sp³-hybridized carbons (Fsp3) is 0.294. The zero-order valence-corrected chi connectivity index (χ0v) is 15.1. The van der Waals surface area contributed by atoms with Crippen LogP contribution in [0.15, 0.2) is 54.6 Å². The van der Waals surface area contributed by atoms with E-state index < -0.39 is 13.3 Å². The lowest BCUT2D eigenvalue weighted by molar-refractivity contribution is 0.157. The molecular formula is C17H19ClNO4P. The summed E-state index contributed by atoms with van der Waals surface area (Å²) >= 11 is 6.00. The van der Waals surface area contributed by atoms with Crippen molar-refractivity contribution < 1.29 is 18.5 Å². The first-order valence-corrected chi connectivity index (χ1v) is 9.52. The van der Waals surface area contributed by atoms with E-state index in [1.54, 1.807) is 17.2 Å². The molecule has 7 heteroatoms. The summed E-state index contributed by atoms with van der Waals surface area (Å²) in [5.74, 6) is 0. The molecule has 3 rings (SSSR count). The summed E-state index contributed by atoms with van der Waals surface area (Å²) < 4.78 is 23.5. The van der Waals surface area contributed by atoms with E-state index in [0.717, 1.165) is 11.3 Å². The van der Waals surface area contributed by atoms with Crippen LogP contribution in [-0.4, -0.2) is 26.5 Å². The topological polar surface area (TPSA) is 48.0 Å². The molecule has 0 aromatic heterocycles. The summed E-state index contributed by atoms with van der Waals surface area (Å²) in [6, 6.07) is 16.8. The Bertz CT molecular complexity index is 717. The third-order valence-electron chi connectivity index (χ3n) is 4.14. The van der Waals surface area contributed by atoms with Crippen molar-refractivity contribution in [3.8, 4) is 0 Å². The summed E-state index contributed by atoms with van der Waals surface area (Å²) in [5.41, 5.74) is 1.35. The van der Waals surface area contributed by atoms with Gasteiger partial charge in [0.2, 0.25) is 0 Å². The van der Waals surface area contributed by atoms with E-state index in [2.05, 4.69) is 0 Å². The Morgan fingerprint density at radius 2 is 1.71 bits per heavy atom. The second-order valence-electron chi connectivity index (χ2n) is 5.43. The number of benzene rings is 2. The van der Waals surface area contributed by atoms with E-state index in [1.165, 1.54) is 14.2 Å². The van der Waals surface area contributed by atoms with Gasteiger partial charge in [-0.3, -0.25) is 9.40 Å². The van der Waals surface area contributed by atoms with Crippen molar-refractivity contribution in [2.75, 3.05) is 25.9 Å². The van der Waals surface area contributed by atoms with Crippen molar-refractivity contribution in [2.24, 2.45) is 0 Å². The van der Waals surface area contributed by atoms with Gasteiger partial charge in [-0.25, -0.2) is 5.06 Å². The molecule has 1 fully saturated rings. The van der Waals surface area contributed by atoms with Crippen LogP contribution in [0.3, 0.4) is 0 Å². The van der Waals surface area contributed by atoms with Gasteiger partial charge in [-0.15, -0.1) is 0 Å². The largest absolute Gasteiger partial charge is 0.338 e. The van der Waals surface area contributed by atoms with Crippen molar-refractivity contribution in [2.45, 2.75) is 11.7 Å². The van der Waals surface area contributed by atoms with Gasteiger partial charge in [0.15, 0.2) is 0 Å². The highest BCUT2D eigenvalue weighted by Crippen LogP contribution is 2.59. The van der Waals surface area contributed by atoms with Crippen molar-refractivity contribution >= 4 is 24.9 Å². The van der Waals surface area contributed by atoms with E-state index in [0.29, 0.717) is 5.02 Å². The molecule has 0 N–H and O–H groups in total. The molecule has 5 nitrogen and oxygen atoms in total. The van der Waals surface area contributed by atoms with Gasteiger partial charge in [-0.05, 0) is 29.8 Å². The fourth-order valence-electron chi connectivity index (χ4n) is 2.92. The van der Waals surface area contributed by atoms with E-state index in [4.69, 9.17) is 25.5 Å². The maximum absolute atomic E-state index is 13.0. The molecule has 0 saturated carbocycles. The molecule has 2 aromatic carbocycles. The number of hydrogen-bond acceptors (Lipinski definition) is 5. The first-order valence-electron chi connectivity index (χ1n) is 7.53. The van der Waals surface area contributed by atoms with Crippen LogP contribution in [0, 0.1) is 0 Å². The molecule has 1 aliphatic heterocycles. The van der Waals surface area contributed by atoms with E-state index >= 15 is 0 Å². The lowest BCUT2D eigenvalue weighted by Gasteiger charge is -2.29. The highest BCUT2D eigenvalue weighted by molar-refractivity contribution is 7.54. The van der Waals surface area contributed by atoms with E-state index in [-0.39, 0.29) is 12.6 Å². The first kappa shape index (κ1) is 17.5. The molecule has 0 radical (unpaired) electrons. The van der Waals surface area contributed by atoms with Gasteiger partial charge >= 0.3 is 7.60 Å². The lowest BCUT2D eigenvalue weighted by atomic mass is 10.0. The Morgan fingerprint density at radius 1 is 1.08 bits per heavy atom. The molecule has 0 spiro atoms. The third kappa shape index (κ3) is 3.23. The summed E-state index contributed by atoms with van der Waals surface area (Å²) in [6.45, 7) is 0.237. The van der Waals surface area contributed by atoms with Gasteiger partial charge in [-0.2, -0.15) is 0 Å². The zero-order chi connectivity index (χ0) is 17.2. The molecule has 128 valence electrons. The second kappa shape index (κ2) is 7.26. The Morgan fingerprint density at radius 3 is 2.29 bits per heavy atom. The minimum Gasteiger partial charge on any atom is -0.312 e. The van der Waals surface area contributed by atoms with Crippen LogP contribution in [0.4, 0.5) is 5.69 Å². The van der Waals surface area contributed by atoms with Crippen LogP contribution in [-0.2, 0) is 18.5 Å². The number of nitrogens with zero attached hydrogens (tertiary/aromatic N) is 1. The van der Waals surface area contributed by atoms with Crippen LogP contribution >= 0.6 is 19.2 Å². The zero-order valence-electron chi connectivity index (χ0n) is 13.5. The van der Waals surface area contributed by atoms with Crippen molar-refractivity contribution in [1.82, 2.24) is 0 Å². The van der Waals surface area contributed by atoms with Gasteiger partial charge in [-0.1, -0.05) is 41.9 Å². The number of hydrogen-bond donors (Lipinski definition) is 0. The predicted molar refractivity (Wildman–Crippen MR) is 94.5 cm³/mol. The molecule has 24 heavy (non-hydrogen) atoms. The summed E-state index contributed by atoms with van der Waals surface area (Å²) in [6.07, 6.45) is 0. The monoisotopic (exact) mass is 367 g/mol. The summed E-state index contributed by atoms with van der Waals surface area (Å²) in [7, 11) is -0.525. The SMILES string of the molecule is COP(=O)(OC)[C@@H]1CON(c2ccccc2)[C@H]1c1ccc(Cl)cc1. The number of anilines is 1. The first-order chi connectivity index (χ1) is 11.6. The van der Waals surface area contributed by atoms with Gasteiger partial charge in [0, 0.05) is 19.2 Å². The van der Waals surface area contributed by atoms with Gasteiger partial charge in [0.25, 0.3) is 0 Å². The Labute approximate surface area is 146 Å². The molecule has 1 saturated heterocycles. The maximum atomic E-state index is 13.0. The van der Waals surface area contributed by atoms with Crippen LogP contribution in [0.1, 0.15) is 11.6 Å². The molecule has 1 aliphatic rings. The lowest BCUT2D eigenvalue weighted by Crippen LogP contribution is -2.27. The molecular weight excluding hydrogens is 349 g/mol. The van der Waals surface area contributed by atoms with E-state index in [1.807, 2.05) is 42.5 Å². The van der Waals surface area contributed by atoms with Crippen LogP contribution < -0.4 is 5.06 Å². The molecule has 2 aromatic rings. The molecule has 1 heterocycles. The quantitative estimate of drug-likeness (QED) is 0.718. The second-order valence-corrected chi connectivity index (χ2v) is 8.34. The van der Waals surface area contributed by atoms with Gasteiger partial charge in [0.1, 0.15) is 5.66 Å². The predicted octanol–water partition coefficient (Wildman–Crippen LogP) is 4.69. The molecule has 0 aliphatic carbocycles. The van der Waals surface area contributed by atoms with Crippen molar-refractivity contribution in [3.63, 3.8) is 0 Å². The normalized spacial score (nSPS) is 21.2. The molecule has 2 atom stereocenters. The van der Waals surface area contributed by atoms with Gasteiger partial charge in [0.05, 0.1) is 18.3 Å². The molecule has 0 bridgehead atoms. The summed E-state index contributed by atoms with van der Waals surface area (Å²) in [4.78, 5) is 5.87. The molecule has 0 amide bonds. The maximum Gasteiger partial charge on any atom is 0.338 e. The Hall–Kier alpha value is -1.36. The number of para-hydroxylation sites is 1. The Kier molecular flexibility index (Phi) is 5.28.